The van der Waals surface area contributed by atoms with Crippen LogP contribution >= 0.6 is 27.5 Å². The topological polar surface area (TPSA) is 12.9 Å². The van der Waals surface area contributed by atoms with Gasteiger partial charge in [0, 0.05) is 12.1 Å². The molecule has 0 aromatic carbocycles. The Hall–Kier alpha value is -0.290. The second-order valence-corrected chi connectivity index (χ2v) is 3.25. The number of pyridine rings is 1. The van der Waals surface area contributed by atoms with Gasteiger partial charge in [0.25, 0.3) is 6.43 Å². The summed E-state index contributed by atoms with van der Waals surface area (Å²) >= 11 is 8.06. The van der Waals surface area contributed by atoms with Gasteiger partial charge in [0.2, 0.25) is 0 Å². The van der Waals surface area contributed by atoms with Crippen LogP contribution in [0.25, 0.3) is 0 Å². The Morgan fingerprint density at radius 3 is 2.62 bits per heavy atom. The van der Waals surface area contributed by atoms with Gasteiger partial charge in [-0.2, -0.15) is 0 Å². The second-order valence-electron chi connectivity index (χ2n) is 2.24. The van der Waals surface area contributed by atoms with E-state index < -0.39 is 17.8 Å². The van der Waals surface area contributed by atoms with Gasteiger partial charge in [-0.1, -0.05) is 0 Å². The van der Waals surface area contributed by atoms with Gasteiger partial charge in [0.15, 0.2) is 5.82 Å². The van der Waals surface area contributed by atoms with E-state index in [2.05, 4.69) is 20.9 Å². The van der Waals surface area contributed by atoms with Gasteiger partial charge in [-0.3, -0.25) is 0 Å². The Labute approximate surface area is 86.0 Å². The van der Waals surface area contributed by atoms with Crippen molar-refractivity contribution >= 4 is 27.5 Å². The number of aromatic nitrogens is 1. The fourth-order valence-corrected chi connectivity index (χ4v) is 1.38. The van der Waals surface area contributed by atoms with Gasteiger partial charge in [-0.25, -0.2) is 18.2 Å². The maximum atomic E-state index is 13.1. The van der Waals surface area contributed by atoms with Gasteiger partial charge in [0.1, 0.15) is 4.60 Å². The maximum absolute atomic E-state index is 13.1. The third-order valence-corrected chi connectivity index (χ3v) is 2.30. The fourth-order valence-electron chi connectivity index (χ4n) is 0.855. The summed E-state index contributed by atoms with van der Waals surface area (Å²) in [5.74, 6) is -1.23. The van der Waals surface area contributed by atoms with Crippen LogP contribution in [0.15, 0.2) is 10.8 Å². The molecule has 1 aromatic rings. The van der Waals surface area contributed by atoms with Crippen molar-refractivity contribution in [3.05, 3.63) is 27.7 Å². The molecular weight excluding hydrogens is 270 g/mol. The molecule has 0 aliphatic rings. The van der Waals surface area contributed by atoms with Crippen molar-refractivity contribution in [2.45, 2.75) is 12.3 Å². The largest absolute Gasteiger partial charge is 0.267 e. The van der Waals surface area contributed by atoms with Crippen molar-refractivity contribution in [3.8, 4) is 0 Å². The quantitative estimate of drug-likeness (QED) is 0.592. The highest BCUT2D eigenvalue weighted by atomic mass is 79.9. The number of hydrogen-bond acceptors (Lipinski definition) is 1. The molecule has 0 bridgehead atoms. The lowest BCUT2D eigenvalue weighted by molar-refractivity contribution is 0.145. The normalized spacial score (nSPS) is 10.9. The summed E-state index contributed by atoms with van der Waals surface area (Å²) in [6, 6.07) is 0. The summed E-state index contributed by atoms with van der Waals surface area (Å²) in [6.45, 7) is 0. The highest BCUT2D eigenvalue weighted by molar-refractivity contribution is 9.10. The van der Waals surface area contributed by atoms with Crippen LogP contribution in [0.3, 0.4) is 0 Å². The molecule has 1 heterocycles. The summed E-state index contributed by atoms with van der Waals surface area (Å²) in [5.41, 5.74) is -0.672. The van der Waals surface area contributed by atoms with E-state index in [1.807, 2.05) is 0 Å². The molecule has 0 atom stereocenters. The van der Waals surface area contributed by atoms with E-state index in [4.69, 9.17) is 11.6 Å². The fraction of sp³-hybridized carbons (Fsp3) is 0.286. The average Bonchev–Trinajstić information content (AvgIpc) is 2.08. The number of halogens is 5. The zero-order valence-corrected chi connectivity index (χ0v) is 8.54. The molecular formula is C7H4BrClF3N. The molecule has 0 amide bonds. The van der Waals surface area contributed by atoms with Crippen LogP contribution in [-0.4, -0.2) is 4.98 Å². The molecule has 1 aromatic heterocycles. The summed E-state index contributed by atoms with van der Waals surface area (Å²) in [5, 5.41) is 0. The van der Waals surface area contributed by atoms with Crippen molar-refractivity contribution in [3.63, 3.8) is 0 Å². The van der Waals surface area contributed by atoms with Crippen LogP contribution < -0.4 is 0 Å². The van der Waals surface area contributed by atoms with Crippen molar-refractivity contribution in [1.29, 1.82) is 0 Å². The van der Waals surface area contributed by atoms with Crippen molar-refractivity contribution in [1.82, 2.24) is 4.98 Å². The van der Waals surface area contributed by atoms with E-state index in [0.29, 0.717) is 0 Å². The minimum atomic E-state index is -2.88. The van der Waals surface area contributed by atoms with Crippen LogP contribution in [0.2, 0.25) is 0 Å². The molecule has 1 nitrogen and oxygen atoms in total. The van der Waals surface area contributed by atoms with E-state index in [0.717, 1.165) is 6.20 Å². The summed E-state index contributed by atoms with van der Waals surface area (Å²) < 4.78 is 37.4. The molecule has 0 spiro atoms. The maximum Gasteiger partial charge on any atom is 0.267 e. The monoisotopic (exact) mass is 273 g/mol. The van der Waals surface area contributed by atoms with Gasteiger partial charge in [-0.15, -0.1) is 11.6 Å². The molecule has 0 aliphatic heterocycles. The third-order valence-electron chi connectivity index (χ3n) is 1.46. The standard InChI is InChI=1S/C7H4BrClF3N/c8-6-5(10)4(7(11)12)3(1-9)2-13-6/h2,7H,1H2. The Morgan fingerprint density at radius 1 is 1.54 bits per heavy atom. The van der Waals surface area contributed by atoms with Crippen LogP contribution in [0, 0.1) is 5.82 Å². The highest BCUT2D eigenvalue weighted by Gasteiger charge is 2.20. The number of alkyl halides is 3. The molecule has 6 heteroatoms. The highest BCUT2D eigenvalue weighted by Crippen LogP contribution is 2.29. The van der Waals surface area contributed by atoms with Gasteiger partial charge < -0.3 is 0 Å². The lowest BCUT2D eigenvalue weighted by atomic mass is 10.1. The molecule has 0 unspecified atom stereocenters. The Balaban J connectivity index is 3.32. The van der Waals surface area contributed by atoms with Gasteiger partial charge in [-0.05, 0) is 21.5 Å². The molecule has 0 N–H and O–H groups in total. The zero-order chi connectivity index (χ0) is 10.0. The van der Waals surface area contributed by atoms with Crippen LogP contribution in [0.4, 0.5) is 13.2 Å². The first-order valence-electron chi connectivity index (χ1n) is 3.24. The smallest absolute Gasteiger partial charge is 0.246 e. The van der Waals surface area contributed by atoms with Crippen molar-refractivity contribution in [2.24, 2.45) is 0 Å². The van der Waals surface area contributed by atoms with Crippen LogP contribution in [0.1, 0.15) is 17.6 Å². The molecule has 13 heavy (non-hydrogen) atoms. The predicted octanol–water partition coefficient (Wildman–Crippen LogP) is 3.66. The second kappa shape index (κ2) is 4.28. The lowest BCUT2D eigenvalue weighted by Crippen LogP contribution is -2.00. The van der Waals surface area contributed by atoms with Crippen LogP contribution in [-0.2, 0) is 5.88 Å². The molecule has 0 aliphatic carbocycles. The summed E-state index contributed by atoms with van der Waals surface area (Å²) in [6.07, 6.45) is -1.75. The van der Waals surface area contributed by atoms with E-state index in [1.54, 1.807) is 0 Å². The Morgan fingerprint density at radius 2 is 2.15 bits per heavy atom. The summed E-state index contributed by atoms with van der Waals surface area (Å²) in [4.78, 5) is 3.52. The first-order chi connectivity index (χ1) is 6.07. The molecule has 0 saturated heterocycles. The van der Waals surface area contributed by atoms with E-state index in [9.17, 15) is 13.2 Å². The summed E-state index contributed by atoms with van der Waals surface area (Å²) in [7, 11) is 0. The molecule has 1 rings (SSSR count). The van der Waals surface area contributed by atoms with E-state index >= 15 is 0 Å². The van der Waals surface area contributed by atoms with E-state index in [-0.39, 0.29) is 16.0 Å². The molecule has 0 fully saturated rings. The molecule has 72 valence electrons. The van der Waals surface area contributed by atoms with Gasteiger partial charge in [0.05, 0.1) is 5.56 Å². The van der Waals surface area contributed by atoms with Crippen LogP contribution in [0.5, 0.6) is 0 Å². The minimum Gasteiger partial charge on any atom is -0.246 e. The Kier molecular flexibility index (Phi) is 3.55. The lowest BCUT2D eigenvalue weighted by Gasteiger charge is -2.07. The third kappa shape index (κ3) is 2.14. The SMILES string of the molecule is Fc1c(Br)ncc(CCl)c1C(F)F. The average molecular weight is 274 g/mol. The molecule has 0 saturated carbocycles. The first-order valence-corrected chi connectivity index (χ1v) is 4.57. The van der Waals surface area contributed by atoms with Crippen molar-refractivity contribution in [2.75, 3.05) is 0 Å². The number of nitrogens with zero attached hydrogens (tertiary/aromatic N) is 1. The molecule has 0 radical (unpaired) electrons. The first kappa shape index (κ1) is 10.8. The Bertz CT molecular complexity index is 319. The minimum absolute atomic E-state index is 0.0115. The van der Waals surface area contributed by atoms with E-state index in [1.165, 1.54) is 0 Å². The number of hydrogen-bond donors (Lipinski definition) is 0. The van der Waals surface area contributed by atoms with Gasteiger partial charge >= 0.3 is 0 Å². The predicted molar refractivity (Wildman–Crippen MR) is 46.4 cm³/mol. The zero-order valence-electron chi connectivity index (χ0n) is 6.20. The number of rotatable bonds is 2. The van der Waals surface area contributed by atoms with Crippen molar-refractivity contribution < 1.29 is 13.2 Å².